The number of hydrogen-bond acceptors (Lipinski definition) is 1. The Labute approximate surface area is 91.5 Å². The maximum absolute atomic E-state index is 11.0. The molecule has 2 aromatic rings. The monoisotopic (exact) mass is 221 g/mol. The van der Waals surface area contributed by atoms with Gasteiger partial charge in [-0.3, -0.25) is 0 Å². The van der Waals surface area contributed by atoms with Gasteiger partial charge in [-0.2, -0.15) is 0 Å². The summed E-state index contributed by atoms with van der Waals surface area (Å²) in [5, 5.41) is 9.52. The lowest BCUT2D eigenvalue weighted by Gasteiger charge is -2.07. The van der Waals surface area contributed by atoms with Crippen LogP contribution in [0.3, 0.4) is 0 Å². The van der Waals surface area contributed by atoms with Crippen molar-refractivity contribution >= 4 is 17.6 Å². The molecule has 0 atom stereocenters. The van der Waals surface area contributed by atoms with E-state index >= 15 is 0 Å². The molecule has 0 fully saturated rings. The van der Waals surface area contributed by atoms with Crippen molar-refractivity contribution in [1.82, 2.24) is 4.57 Å². The lowest BCUT2D eigenvalue weighted by molar-refractivity contribution is 0.0697. The van der Waals surface area contributed by atoms with Crippen molar-refractivity contribution in [2.24, 2.45) is 0 Å². The maximum atomic E-state index is 11.0. The summed E-state index contributed by atoms with van der Waals surface area (Å²) in [4.78, 5) is 11.0. The quantitative estimate of drug-likeness (QED) is 0.847. The van der Waals surface area contributed by atoms with E-state index < -0.39 is 5.97 Å². The molecular weight excluding hydrogens is 214 g/mol. The van der Waals surface area contributed by atoms with Crippen molar-refractivity contribution in [3.05, 3.63) is 53.3 Å². The Kier molecular flexibility index (Phi) is 2.47. The molecule has 0 unspecified atom stereocenters. The van der Waals surface area contributed by atoms with Gasteiger partial charge in [-0.1, -0.05) is 11.6 Å². The first-order chi connectivity index (χ1) is 7.18. The maximum Gasteiger partial charge on any atom is 0.337 e. The smallest absolute Gasteiger partial charge is 0.337 e. The summed E-state index contributed by atoms with van der Waals surface area (Å²) in [5.74, 6) is -0.963. The van der Waals surface area contributed by atoms with Gasteiger partial charge in [0.2, 0.25) is 0 Å². The van der Waals surface area contributed by atoms with Gasteiger partial charge in [0.25, 0.3) is 0 Å². The predicted molar refractivity (Wildman–Crippen MR) is 57.7 cm³/mol. The molecule has 0 spiro atoms. The summed E-state index contributed by atoms with van der Waals surface area (Å²) in [7, 11) is 0. The van der Waals surface area contributed by atoms with Crippen molar-refractivity contribution in [3.8, 4) is 5.69 Å². The molecule has 0 bridgehead atoms. The molecule has 1 aromatic carbocycles. The third kappa shape index (κ3) is 1.87. The van der Waals surface area contributed by atoms with Gasteiger partial charge in [-0.25, -0.2) is 4.79 Å². The summed E-state index contributed by atoms with van der Waals surface area (Å²) in [6.45, 7) is 0. The van der Waals surface area contributed by atoms with E-state index in [9.17, 15) is 4.79 Å². The van der Waals surface area contributed by atoms with Crippen LogP contribution in [0.5, 0.6) is 0 Å². The zero-order valence-corrected chi connectivity index (χ0v) is 8.48. The van der Waals surface area contributed by atoms with E-state index in [2.05, 4.69) is 0 Å². The minimum Gasteiger partial charge on any atom is -0.478 e. The Morgan fingerprint density at radius 1 is 1.27 bits per heavy atom. The number of carbonyl (C=O) groups is 1. The second kappa shape index (κ2) is 3.79. The van der Waals surface area contributed by atoms with Gasteiger partial charge in [-0.15, -0.1) is 0 Å². The number of carboxylic acid groups (broad SMARTS) is 1. The van der Waals surface area contributed by atoms with E-state index in [1.54, 1.807) is 29.1 Å². The Morgan fingerprint density at radius 3 is 2.53 bits per heavy atom. The first-order valence-electron chi connectivity index (χ1n) is 4.34. The molecule has 0 saturated heterocycles. The highest BCUT2D eigenvalue weighted by atomic mass is 35.5. The van der Waals surface area contributed by atoms with E-state index in [-0.39, 0.29) is 5.56 Å². The van der Waals surface area contributed by atoms with Gasteiger partial charge < -0.3 is 9.67 Å². The van der Waals surface area contributed by atoms with Crippen molar-refractivity contribution in [2.75, 3.05) is 0 Å². The van der Waals surface area contributed by atoms with E-state index in [0.717, 1.165) is 0 Å². The second-order valence-electron chi connectivity index (χ2n) is 3.06. The summed E-state index contributed by atoms with van der Waals surface area (Å²) in [6.07, 6.45) is 3.55. The highest BCUT2D eigenvalue weighted by Crippen LogP contribution is 2.20. The molecule has 0 aliphatic heterocycles. The van der Waals surface area contributed by atoms with Gasteiger partial charge >= 0.3 is 5.97 Å². The summed E-state index contributed by atoms with van der Waals surface area (Å²) < 4.78 is 1.72. The lowest BCUT2D eigenvalue weighted by Crippen LogP contribution is -2.03. The second-order valence-corrected chi connectivity index (χ2v) is 3.49. The molecule has 0 aliphatic rings. The molecule has 1 aromatic heterocycles. The van der Waals surface area contributed by atoms with Gasteiger partial charge in [-0.05, 0) is 30.3 Å². The fraction of sp³-hybridized carbons (Fsp3) is 0. The molecule has 0 saturated carbocycles. The molecule has 0 radical (unpaired) electrons. The highest BCUT2D eigenvalue weighted by Gasteiger charge is 2.10. The van der Waals surface area contributed by atoms with Gasteiger partial charge in [0.15, 0.2) is 0 Å². The van der Waals surface area contributed by atoms with E-state index in [1.165, 1.54) is 6.07 Å². The number of aromatic carboxylic acids is 1. The first-order valence-corrected chi connectivity index (χ1v) is 4.72. The van der Waals surface area contributed by atoms with Crippen LogP contribution in [0.1, 0.15) is 10.4 Å². The van der Waals surface area contributed by atoms with Gasteiger partial charge in [0.05, 0.1) is 11.3 Å². The third-order valence-corrected chi connectivity index (χ3v) is 2.31. The largest absolute Gasteiger partial charge is 0.478 e. The zero-order valence-electron chi connectivity index (χ0n) is 7.72. The molecule has 1 heterocycles. The number of halogens is 1. The van der Waals surface area contributed by atoms with Crippen molar-refractivity contribution in [2.45, 2.75) is 0 Å². The van der Waals surface area contributed by atoms with E-state index in [0.29, 0.717) is 10.7 Å². The fourth-order valence-corrected chi connectivity index (χ4v) is 1.56. The number of nitrogens with zero attached hydrogens (tertiary/aromatic N) is 1. The molecule has 4 heteroatoms. The topological polar surface area (TPSA) is 42.2 Å². The number of benzene rings is 1. The SMILES string of the molecule is O=C(O)c1ccc(Cl)cc1-n1cccc1. The van der Waals surface area contributed by atoms with Crippen LogP contribution < -0.4 is 0 Å². The number of carboxylic acids is 1. The van der Waals surface area contributed by atoms with Crippen molar-refractivity contribution < 1.29 is 9.90 Å². The first kappa shape index (κ1) is 9.80. The van der Waals surface area contributed by atoms with Gasteiger partial charge in [0.1, 0.15) is 0 Å². The standard InChI is InChI=1S/C11H8ClNO2/c12-8-3-4-9(11(14)15)10(7-8)13-5-1-2-6-13/h1-7H,(H,14,15). The number of hydrogen-bond donors (Lipinski definition) is 1. The molecule has 76 valence electrons. The Morgan fingerprint density at radius 2 is 1.93 bits per heavy atom. The molecular formula is C11H8ClNO2. The molecule has 15 heavy (non-hydrogen) atoms. The fourth-order valence-electron chi connectivity index (χ4n) is 1.39. The van der Waals surface area contributed by atoms with Crippen LogP contribution in [0, 0.1) is 0 Å². The molecule has 0 amide bonds. The zero-order chi connectivity index (χ0) is 10.8. The Hall–Kier alpha value is -1.74. The van der Waals surface area contributed by atoms with Crippen molar-refractivity contribution in [3.63, 3.8) is 0 Å². The van der Waals surface area contributed by atoms with Crippen LogP contribution in [0.2, 0.25) is 5.02 Å². The van der Waals surface area contributed by atoms with Crippen LogP contribution in [0.15, 0.2) is 42.7 Å². The Bertz CT molecular complexity index is 491. The normalized spacial score (nSPS) is 10.2. The predicted octanol–water partition coefficient (Wildman–Crippen LogP) is 2.83. The molecule has 2 rings (SSSR count). The third-order valence-electron chi connectivity index (χ3n) is 2.07. The number of aromatic nitrogens is 1. The molecule has 3 nitrogen and oxygen atoms in total. The van der Waals surface area contributed by atoms with Crippen LogP contribution in [0.4, 0.5) is 0 Å². The number of rotatable bonds is 2. The van der Waals surface area contributed by atoms with E-state index in [4.69, 9.17) is 16.7 Å². The summed E-state index contributed by atoms with van der Waals surface area (Å²) >= 11 is 5.83. The minimum atomic E-state index is -0.963. The minimum absolute atomic E-state index is 0.232. The highest BCUT2D eigenvalue weighted by molar-refractivity contribution is 6.30. The van der Waals surface area contributed by atoms with Crippen molar-refractivity contribution in [1.29, 1.82) is 0 Å². The summed E-state index contributed by atoms with van der Waals surface area (Å²) in [6, 6.07) is 8.35. The molecule has 0 aliphatic carbocycles. The van der Waals surface area contributed by atoms with Crippen LogP contribution in [-0.4, -0.2) is 15.6 Å². The van der Waals surface area contributed by atoms with Gasteiger partial charge in [0, 0.05) is 17.4 Å². The van der Waals surface area contributed by atoms with E-state index in [1.807, 2.05) is 12.1 Å². The average molecular weight is 222 g/mol. The molecule has 1 N–H and O–H groups in total. The lowest BCUT2D eigenvalue weighted by atomic mass is 10.2. The van der Waals surface area contributed by atoms with Crippen LogP contribution in [0.25, 0.3) is 5.69 Å². The summed E-state index contributed by atoms with van der Waals surface area (Å²) in [5.41, 5.74) is 0.801. The Balaban J connectivity index is 2.63. The van der Waals surface area contributed by atoms with Crippen LogP contribution in [-0.2, 0) is 0 Å². The van der Waals surface area contributed by atoms with Crippen LogP contribution >= 0.6 is 11.6 Å². The average Bonchev–Trinajstić information content (AvgIpc) is 2.69.